The van der Waals surface area contributed by atoms with Crippen molar-refractivity contribution >= 4 is 29.6 Å². The Morgan fingerprint density at radius 3 is 3.27 bits per heavy atom. The molecule has 0 radical (unpaired) electrons. The third-order valence-electron chi connectivity index (χ3n) is 1.67. The molecular weight excluding hydrogens is 159 g/mol. The second-order valence-corrected chi connectivity index (χ2v) is 3.35. The monoisotopic (exact) mass is 166 g/mol. The van der Waals surface area contributed by atoms with Crippen LogP contribution in [0.25, 0.3) is 0 Å². The molecule has 0 saturated carbocycles. The Kier molecular flexibility index (Phi) is 1.47. The van der Waals surface area contributed by atoms with Gasteiger partial charge in [-0.05, 0) is 17.8 Å². The number of nitrogens with one attached hydrogen (secondary N) is 1. The lowest BCUT2D eigenvalue weighted by Crippen LogP contribution is -2.47. The standard InChI is InChI=1S/C6H7BN2OS/c1-4-6-5(2-3-11-6)7(10)9-8-4/h2-3,9-10H,1H3. The van der Waals surface area contributed by atoms with Gasteiger partial charge in [0.25, 0.3) is 0 Å². The van der Waals surface area contributed by atoms with E-state index in [0.29, 0.717) is 0 Å². The van der Waals surface area contributed by atoms with Crippen LogP contribution in [-0.2, 0) is 0 Å². The summed E-state index contributed by atoms with van der Waals surface area (Å²) in [5, 5.41) is 17.9. The zero-order valence-corrected chi connectivity index (χ0v) is 6.85. The Hall–Kier alpha value is -0.805. The summed E-state index contributed by atoms with van der Waals surface area (Å²) in [5.74, 6) is 0. The van der Waals surface area contributed by atoms with Gasteiger partial charge in [0.05, 0.1) is 5.71 Å². The third-order valence-corrected chi connectivity index (χ3v) is 2.71. The summed E-state index contributed by atoms with van der Waals surface area (Å²) in [7, 11) is -0.625. The summed E-state index contributed by atoms with van der Waals surface area (Å²) in [6.45, 7) is 1.92. The molecule has 1 aliphatic heterocycles. The molecule has 0 aliphatic carbocycles. The van der Waals surface area contributed by atoms with Crippen molar-refractivity contribution in [3.05, 3.63) is 16.3 Å². The van der Waals surface area contributed by atoms with Gasteiger partial charge in [-0.3, -0.25) is 0 Å². The summed E-state index contributed by atoms with van der Waals surface area (Å²) in [4.78, 5) is 1.08. The molecule has 1 aliphatic rings. The quantitative estimate of drug-likeness (QED) is 0.522. The summed E-state index contributed by atoms with van der Waals surface area (Å²) in [6, 6.07) is 1.91. The molecule has 5 heteroatoms. The molecule has 0 saturated heterocycles. The van der Waals surface area contributed by atoms with Crippen molar-refractivity contribution in [2.24, 2.45) is 5.10 Å². The van der Waals surface area contributed by atoms with Gasteiger partial charge in [0.2, 0.25) is 0 Å². The van der Waals surface area contributed by atoms with Crippen LogP contribution in [0.1, 0.15) is 11.8 Å². The van der Waals surface area contributed by atoms with Gasteiger partial charge in [-0.25, -0.2) is 0 Å². The van der Waals surface area contributed by atoms with Crippen LogP contribution in [0.2, 0.25) is 0 Å². The highest BCUT2D eigenvalue weighted by molar-refractivity contribution is 7.14. The Balaban J connectivity index is 2.55. The molecule has 0 fully saturated rings. The first-order valence-corrected chi connectivity index (χ1v) is 4.22. The fraction of sp³-hybridized carbons (Fsp3) is 0.167. The van der Waals surface area contributed by atoms with Crippen LogP contribution in [0.15, 0.2) is 16.5 Å². The van der Waals surface area contributed by atoms with E-state index in [1.54, 1.807) is 11.3 Å². The molecule has 56 valence electrons. The Bertz CT molecular complexity index is 309. The molecule has 1 aromatic rings. The number of rotatable bonds is 0. The van der Waals surface area contributed by atoms with E-state index in [0.717, 1.165) is 16.1 Å². The number of hydrogen-bond acceptors (Lipinski definition) is 4. The van der Waals surface area contributed by atoms with E-state index in [9.17, 15) is 5.02 Å². The minimum absolute atomic E-state index is 0.625. The van der Waals surface area contributed by atoms with Gasteiger partial charge < -0.3 is 10.4 Å². The van der Waals surface area contributed by atoms with Crippen LogP contribution in [0, 0.1) is 0 Å². The van der Waals surface area contributed by atoms with E-state index in [1.165, 1.54) is 0 Å². The fourth-order valence-corrected chi connectivity index (χ4v) is 1.99. The molecule has 3 nitrogen and oxygen atoms in total. The molecule has 0 bridgehead atoms. The molecule has 0 unspecified atom stereocenters. The molecule has 2 N–H and O–H groups in total. The zero-order chi connectivity index (χ0) is 7.84. The summed E-state index contributed by atoms with van der Waals surface area (Å²) >= 11 is 1.61. The fourth-order valence-electron chi connectivity index (χ4n) is 1.11. The first-order chi connectivity index (χ1) is 5.29. The third kappa shape index (κ3) is 0.966. The maximum atomic E-state index is 9.36. The summed E-state index contributed by atoms with van der Waals surface area (Å²) in [6.07, 6.45) is 0. The predicted octanol–water partition coefficient (Wildman–Crippen LogP) is -0.237. The lowest BCUT2D eigenvalue weighted by molar-refractivity contribution is 0.565. The lowest BCUT2D eigenvalue weighted by Gasteiger charge is -2.12. The molecule has 0 atom stereocenters. The number of fused-ring (bicyclic) bond motifs is 1. The molecule has 2 rings (SSSR count). The maximum Gasteiger partial charge on any atom is 0.464 e. The second kappa shape index (κ2) is 2.35. The first kappa shape index (κ1) is 6.88. The second-order valence-electron chi connectivity index (χ2n) is 2.43. The van der Waals surface area contributed by atoms with Crippen molar-refractivity contribution in [1.29, 1.82) is 0 Å². The zero-order valence-electron chi connectivity index (χ0n) is 6.03. The Labute approximate surface area is 68.9 Å². The molecular formula is C6H7BN2OS. The van der Waals surface area contributed by atoms with E-state index in [4.69, 9.17) is 0 Å². The van der Waals surface area contributed by atoms with Gasteiger partial charge >= 0.3 is 7.05 Å². The van der Waals surface area contributed by atoms with Gasteiger partial charge in [-0.2, -0.15) is 5.10 Å². The topological polar surface area (TPSA) is 44.6 Å². The van der Waals surface area contributed by atoms with Crippen molar-refractivity contribution in [2.75, 3.05) is 0 Å². The Morgan fingerprint density at radius 1 is 1.73 bits per heavy atom. The minimum atomic E-state index is -0.625. The van der Waals surface area contributed by atoms with Crippen molar-refractivity contribution in [2.45, 2.75) is 6.92 Å². The first-order valence-electron chi connectivity index (χ1n) is 3.34. The van der Waals surface area contributed by atoms with Crippen molar-refractivity contribution in [3.8, 4) is 0 Å². The van der Waals surface area contributed by atoms with Crippen molar-refractivity contribution in [1.82, 2.24) is 5.34 Å². The minimum Gasteiger partial charge on any atom is -0.428 e. The number of nitrogens with zero attached hydrogens (tertiary/aromatic N) is 1. The normalized spacial score (nSPS) is 15.5. The van der Waals surface area contributed by atoms with E-state index in [-0.39, 0.29) is 0 Å². The van der Waals surface area contributed by atoms with Crippen molar-refractivity contribution in [3.63, 3.8) is 0 Å². The van der Waals surface area contributed by atoms with Gasteiger partial charge in [-0.15, -0.1) is 11.3 Å². The number of hydrogen-bond donors (Lipinski definition) is 2. The highest BCUT2D eigenvalue weighted by Gasteiger charge is 2.24. The van der Waals surface area contributed by atoms with Gasteiger partial charge in [0, 0.05) is 4.88 Å². The summed E-state index contributed by atoms with van der Waals surface area (Å²) < 4.78 is 0. The maximum absolute atomic E-state index is 9.36. The van der Waals surface area contributed by atoms with Crippen LogP contribution in [0.3, 0.4) is 0 Å². The molecule has 11 heavy (non-hydrogen) atoms. The highest BCUT2D eigenvalue weighted by atomic mass is 32.1. The van der Waals surface area contributed by atoms with E-state index in [1.807, 2.05) is 18.4 Å². The average molecular weight is 166 g/mol. The smallest absolute Gasteiger partial charge is 0.428 e. The lowest BCUT2D eigenvalue weighted by atomic mass is 9.74. The van der Waals surface area contributed by atoms with E-state index in [2.05, 4.69) is 10.4 Å². The predicted molar refractivity (Wildman–Crippen MR) is 47.3 cm³/mol. The van der Waals surface area contributed by atoms with Crippen LogP contribution < -0.4 is 10.8 Å². The molecule has 0 amide bonds. The number of thiophene rings is 1. The van der Waals surface area contributed by atoms with Crippen LogP contribution >= 0.6 is 11.3 Å². The molecule has 1 aromatic heterocycles. The number of hydrazone groups is 1. The van der Waals surface area contributed by atoms with Crippen LogP contribution in [0.5, 0.6) is 0 Å². The highest BCUT2D eigenvalue weighted by Crippen LogP contribution is 2.10. The van der Waals surface area contributed by atoms with E-state index < -0.39 is 7.05 Å². The van der Waals surface area contributed by atoms with Crippen molar-refractivity contribution < 1.29 is 5.02 Å². The Morgan fingerprint density at radius 2 is 2.55 bits per heavy atom. The largest absolute Gasteiger partial charge is 0.464 e. The van der Waals surface area contributed by atoms with Gasteiger partial charge in [-0.1, -0.05) is 6.07 Å². The summed E-state index contributed by atoms with van der Waals surface area (Å²) in [5.41, 5.74) is 1.88. The molecule has 2 heterocycles. The van der Waals surface area contributed by atoms with E-state index >= 15 is 0 Å². The molecule has 0 aromatic carbocycles. The average Bonchev–Trinajstić information content (AvgIpc) is 2.45. The SMILES string of the molecule is CC1=NNB(O)c2ccsc21. The van der Waals surface area contributed by atoms with Crippen LogP contribution in [0.4, 0.5) is 0 Å². The van der Waals surface area contributed by atoms with Gasteiger partial charge in [0.15, 0.2) is 0 Å². The van der Waals surface area contributed by atoms with Gasteiger partial charge in [0.1, 0.15) is 0 Å². The van der Waals surface area contributed by atoms with Crippen LogP contribution in [-0.4, -0.2) is 17.8 Å². The molecule has 0 spiro atoms.